The maximum absolute atomic E-state index is 12.0. The van der Waals surface area contributed by atoms with Crippen molar-refractivity contribution >= 4 is 18.0 Å². The van der Waals surface area contributed by atoms with Gasteiger partial charge in [0.15, 0.2) is 0 Å². The molecule has 0 bridgehead atoms. The molecule has 0 aromatic heterocycles. The van der Waals surface area contributed by atoms with Crippen molar-refractivity contribution in [2.75, 3.05) is 13.2 Å². The Hall–Kier alpha value is -2.30. The minimum absolute atomic E-state index is 0.0403. The number of hydrogen-bond acceptors (Lipinski definition) is 3. The molecule has 0 aliphatic carbocycles. The molecular weight excluding hydrogens is 258 g/mol. The summed E-state index contributed by atoms with van der Waals surface area (Å²) in [6.07, 6.45) is 1.84. The van der Waals surface area contributed by atoms with Gasteiger partial charge in [0.25, 0.3) is 5.91 Å². The van der Waals surface area contributed by atoms with E-state index in [9.17, 15) is 9.59 Å². The van der Waals surface area contributed by atoms with Gasteiger partial charge in [-0.05, 0) is 18.1 Å². The molecule has 0 saturated carbocycles. The lowest BCUT2D eigenvalue weighted by atomic mass is 10.1. The van der Waals surface area contributed by atoms with E-state index in [1.54, 1.807) is 13.0 Å². The molecule has 2 N–H and O–H groups in total. The number of rotatable bonds is 5. The van der Waals surface area contributed by atoms with Gasteiger partial charge in [0.05, 0.1) is 5.57 Å². The highest BCUT2D eigenvalue weighted by Crippen LogP contribution is 2.25. The van der Waals surface area contributed by atoms with Crippen LogP contribution in [0.2, 0.25) is 0 Å². The number of para-hydroxylation sites is 1. The average Bonchev–Trinajstić information content (AvgIpc) is 2.43. The highest BCUT2D eigenvalue weighted by molar-refractivity contribution is 5.99. The van der Waals surface area contributed by atoms with E-state index in [0.717, 1.165) is 11.3 Å². The fourth-order valence-corrected chi connectivity index (χ4v) is 2.00. The van der Waals surface area contributed by atoms with E-state index in [2.05, 4.69) is 5.32 Å². The number of nitrogens with one attached hydrogen (secondary N) is 1. The van der Waals surface area contributed by atoms with Crippen molar-refractivity contribution in [3.63, 3.8) is 0 Å². The highest BCUT2D eigenvalue weighted by Gasteiger charge is 2.17. The van der Waals surface area contributed by atoms with Crippen LogP contribution in [-0.4, -0.2) is 30.1 Å². The summed E-state index contributed by atoms with van der Waals surface area (Å²) in [5, 5.41) is 11.4. The number of benzene rings is 1. The lowest BCUT2D eigenvalue weighted by Gasteiger charge is -2.18. The molecule has 1 atom stereocenters. The number of hydrogen-bond donors (Lipinski definition) is 2. The van der Waals surface area contributed by atoms with Crippen molar-refractivity contribution in [3.05, 3.63) is 35.4 Å². The summed E-state index contributed by atoms with van der Waals surface area (Å²) in [5.41, 5.74) is 1.42. The van der Waals surface area contributed by atoms with Crippen LogP contribution < -0.4 is 10.1 Å². The molecule has 106 valence electrons. The van der Waals surface area contributed by atoms with Crippen molar-refractivity contribution in [2.24, 2.45) is 5.92 Å². The molecule has 1 aliphatic rings. The second-order valence-corrected chi connectivity index (χ2v) is 4.91. The first-order valence-electron chi connectivity index (χ1n) is 6.48. The Labute approximate surface area is 117 Å². The minimum atomic E-state index is -0.860. The normalized spacial score (nSPS) is 14.6. The van der Waals surface area contributed by atoms with Crippen LogP contribution in [0.1, 0.15) is 18.9 Å². The van der Waals surface area contributed by atoms with E-state index >= 15 is 0 Å². The Kier molecular flexibility index (Phi) is 4.40. The zero-order chi connectivity index (χ0) is 14.5. The monoisotopic (exact) mass is 275 g/mol. The molecule has 1 amide bonds. The summed E-state index contributed by atoms with van der Waals surface area (Å²) < 4.78 is 5.51. The largest absolute Gasteiger partial charge is 0.488 e. The van der Waals surface area contributed by atoms with Crippen LogP contribution >= 0.6 is 0 Å². The summed E-state index contributed by atoms with van der Waals surface area (Å²) in [6.45, 7) is 2.36. The Morgan fingerprint density at radius 3 is 2.90 bits per heavy atom. The maximum atomic E-state index is 12.0. The first-order chi connectivity index (χ1) is 9.56. The third-order valence-electron chi connectivity index (χ3n) is 3.06. The standard InChI is InChI=1S/C15H17NO4/c1-10(6-14(17)18)8-16-15(19)12-7-11-4-2-3-5-13(11)20-9-12/h2-5,7,10H,6,8-9H2,1H3,(H,16,19)(H,17,18). The van der Waals surface area contributed by atoms with Crippen LogP contribution in [0.4, 0.5) is 0 Å². The van der Waals surface area contributed by atoms with E-state index in [1.807, 2.05) is 24.3 Å². The van der Waals surface area contributed by atoms with Gasteiger partial charge >= 0.3 is 5.97 Å². The number of carboxylic acid groups (broad SMARTS) is 1. The number of fused-ring (bicyclic) bond motifs is 1. The second kappa shape index (κ2) is 6.23. The third-order valence-corrected chi connectivity index (χ3v) is 3.06. The smallest absolute Gasteiger partial charge is 0.303 e. The van der Waals surface area contributed by atoms with E-state index < -0.39 is 5.97 Å². The molecule has 0 saturated heterocycles. The summed E-state index contributed by atoms with van der Waals surface area (Å²) in [5.74, 6) is -0.408. The van der Waals surface area contributed by atoms with Crippen LogP contribution in [0.15, 0.2) is 29.8 Å². The van der Waals surface area contributed by atoms with Crippen molar-refractivity contribution in [3.8, 4) is 5.75 Å². The molecule has 1 aliphatic heterocycles. The quantitative estimate of drug-likeness (QED) is 0.857. The summed E-state index contributed by atoms with van der Waals surface area (Å²) in [6, 6.07) is 7.50. The number of carbonyl (C=O) groups is 2. The highest BCUT2D eigenvalue weighted by atomic mass is 16.5. The first-order valence-corrected chi connectivity index (χ1v) is 6.48. The Morgan fingerprint density at radius 2 is 2.15 bits per heavy atom. The summed E-state index contributed by atoms with van der Waals surface area (Å²) in [7, 11) is 0. The van der Waals surface area contributed by atoms with Crippen LogP contribution in [-0.2, 0) is 9.59 Å². The minimum Gasteiger partial charge on any atom is -0.488 e. The van der Waals surface area contributed by atoms with Crippen molar-refractivity contribution in [1.82, 2.24) is 5.32 Å². The average molecular weight is 275 g/mol. The van der Waals surface area contributed by atoms with Crippen LogP contribution in [0.3, 0.4) is 0 Å². The second-order valence-electron chi connectivity index (χ2n) is 4.91. The van der Waals surface area contributed by atoms with Gasteiger partial charge in [-0.25, -0.2) is 0 Å². The molecule has 20 heavy (non-hydrogen) atoms. The molecule has 5 heteroatoms. The van der Waals surface area contributed by atoms with Gasteiger partial charge in [0, 0.05) is 18.5 Å². The zero-order valence-electron chi connectivity index (χ0n) is 11.3. The molecule has 1 aromatic carbocycles. The molecule has 2 rings (SSSR count). The summed E-state index contributed by atoms with van der Waals surface area (Å²) in [4.78, 5) is 22.5. The molecule has 0 spiro atoms. The van der Waals surface area contributed by atoms with E-state index in [4.69, 9.17) is 9.84 Å². The summed E-state index contributed by atoms with van der Waals surface area (Å²) >= 11 is 0. The van der Waals surface area contributed by atoms with Crippen LogP contribution in [0.5, 0.6) is 5.75 Å². The number of ether oxygens (including phenoxy) is 1. The first kappa shape index (κ1) is 14.1. The van der Waals surface area contributed by atoms with Gasteiger partial charge in [-0.3, -0.25) is 9.59 Å². The van der Waals surface area contributed by atoms with Gasteiger partial charge in [-0.15, -0.1) is 0 Å². The molecular formula is C15H17NO4. The van der Waals surface area contributed by atoms with Crippen molar-refractivity contribution in [1.29, 1.82) is 0 Å². The van der Waals surface area contributed by atoms with Crippen molar-refractivity contribution in [2.45, 2.75) is 13.3 Å². The van der Waals surface area contributed by atoms with Crippen molar-refractivity contribution < 1.29 is 19.4 Å². The third kappa shape index (κ3) is 3.60. The SMILES string of the molecule is CC(CNC(=O)C1=Cc2ccccc2OC1)CC(=O)O. The molecule has 1 aromatic rings. The molecule has 1 heterocycles. The Bertz CT molecular complexity index is 551. The zero-order valence-corrected chi connectivity index (χ0v) is 11.3. The van der Waals surface area contributed by atoms with Gasteiger partial charge in [0.1, 0.15) is 12.4 Å². The maximum Gasteiger partial charge on any atom is 0.303 e. The van der Waals surface area contributed by atoms with Gasteiger partial charge in [-0.2, -0.15) is 0 Å². The van der Waals surface area contributed by atoms with Gasteiger partial charge < -0.3 is 15.2 Å². The predicted molar refractivity (Wildman–Crippen MR) is 74.3 cm³/mol. The number of aliphatic carboxylic acids is 1. The molecule has 1 unspecified atom stereocenters. The Morgan fingerprint density at radius 1 is 1.40 bits per heavy atom. The molecule has 5 nitrogen and oxygen atoms in total. The van der Waals surface area contributed by atoms with Crippen LogP contribution in [0, 0.1) is 5.92 Å². The van der Waals surface area contributed by atoms with Gasteiger partial charge in [-0.1, -0.05) is 25.1 Å². The predicted octanol–water partition coefficient (Wildman–Crippen LogP) is 1.69. The number of carboxylic acids is 1. The van der Waals surface area contributed by atoms with E-state index in [-0.39, 0.29) is 24.9 Å². The Balaban J connectivity index is 1.94. The topological polar surface area (TPSA) is 75.6 Å². The fraction of sp³-hybridized carbons (Fsp3) is 0.333. The lowest BCUT2D eigenvalue weighted by Crippen LogP contribution is -2.32. The number of carbonyl (C=O) groups excluding carboxylic acids is 1. The van der Waals surface area contributed by atoms with E-state index in [0.29, 0.717) is 12.1 Å². The lowest BCUT2D eigenvalue weighted by molar-refractivity contribution is -0.138. The molecule has 0 fully saturated rings. The van der Waals surface area contributed by atoms with Gasteiger partial charge in [0.2, 0.25) is 0 Å². The van der Waals surface area contributed by atoms with E-state index in [1.165, 1.54) is 0 Å². The fourth-order valence-electron chi connectivity index (χ4n) is 2.00. The molecule has 0 radical (unpaired) electrons. The number of amides is 1. The van der Waals surface area contributed by atoms with Crippen LogP contribution in [0.25, 0.3) is 6.08 Å².